The van der Waals surface area contributed by atoms with Crippen molar-refractivity contribution in [3.63, 3.8) is 0 Å². The lowest BCUT2D eigenvalue weighted by atomic mass is 10.0. The highest BCUT2D eigenvalue weighted by Crippen LogP contribution is 2.34. The van der Waals surface area contributed by atoms with E-state index < -0.39 is 11.0 Å². The molecule has 3 heterocycles. The summed E-state index contributed by atoms with van der Waals surface area (Å²) in [5, 5.41) is 17.1. The van der Waals surface area contributed by atoms with Gasteiger partial charge in [-0.25, -0.2) is 5.01 Å². The highest BCUT2D eigenvalue weighted by Gasteiger charge is 2.37. The number of benzene rings is 1. The van der Waals surface area contributed by atoms with Crippen molar-refractivity contribution in [3.8, 4) is 0 Å². The van der Waals surface area contributed by atoms with Gasteiger partial charge in [0, 0.05) is 50.7 Å². The van der Waals surface area contributed by atoms with E-state index in [1.165, 1.54) is 17.1 Å². The zero-order chi connectivity index (χ0) is 26.5. The second kappa shape index (κ2) is 11.9. The number of nitro groups is 1. The number of hydrogen-bond acceptors (Lipinski definition) is 8. The van der Waals surface area contributed by atoms with Crippen LogP contribution in [-0.2, 0) is 14.3 Å². The molecule has 0 radical (unpaired) electrons. The number of furan rings is 1. The molecule has 0 N–H and O–H groups in total. The Hall–Kier alpha value is -3.57. The van der Waals surface area contributed by atoms with Gasteiger partial charge in [0.2, 0.25) is 5.91 Å². The Bertz CT molecular complexity index is 1150. The van der Waals surface area contributed by atoms with E-state index in [2.05, 4.69) is 10.0 Å². The number of rotatable bonds is 9. The molecule has 2 aliphatic heterocycles. The largest absolute Gasteiger partial charge is 0.467 e. The molecular weight excluding hydrogens is 490 g/mol. The molecule has 0 bridgehead atoms. The van der Waals surface area contributed by atoms with Crippen molar-refractivity contribution in [2.75, 3.05) is 45.9 Å². The van der Waals surface area contributed by atoms with Gasteiger partial charge in [-0.2, -0.15) is 5.10 Å². The lowest BCUT2D eigenvalue weighted by Crippen LogP contribution is -2.47. The predicted molar refractivity (Wildman–Crippen MR) is 138 cm³/mol. The number of amides is 2. The van der Waals surface area contributed by atoms with E-state index in [0.29, 0.717) is 49.8 Å². The summed E-state index contributed by atoms with van der Waals surface area (Å²) in [6.45, 7) is 4.08. The van der Waals surface area contributed by atoms with Gasteiger partial charge in [0.05, 0.1) is 30.1 Å². The number of carbonyl (C=O) groups excluding carboxylic acids is 2. The lowest BCUT2D eigenvalue weighted by Gasteiger charge is -2.32. The topological polar surface area (TPSA) is 122 Å². The van der Waals surface area contributed by atoms with Gasteiger partial charge < -0.3 is 14.1 Å². The van der Waals surface area contributed by atoms with Gasteiger partial charge in [0.15, 0.2) is 0 Å². The molecule has 5 rings (SSSR count). The Morgan fingerprint density at radius 2 is 1.84 bits per heavy atom. The molecule has 1 saturated heterocycles. The maximum absolute atomic E-state index is 13.7. The van der Waals surface area contributed by atoms with E-state index in [1.54, 1.807) is 35.4 Å². The monoisotopic (exact) mass is 523 g/mol. The minimum atomic E-state index is -0.453. The average molecular weight is 524 g/mol. The molecule has 1 saturated carbocycles. The Balaban J connectivity index is 1.35. The Morgan fingerprint density at radius 1 is 1.11 bits per heavy atom. The van der Waals surface area contributed by atoms with Crippen molar-refractivity contribution in [3.05, 3.63) is 64.1 Å². The van der Waals surface area contributed by atoms with E-state index in [9.17, 15) is 19.7 Å². The summed E-state index contributed by atoms with van der Waals surface area (Å²) in [5.74, 6) is 0.321. The number of nitrogens with zero attached hydrogens (tertiary/aromatic N) is 5. The zero-order valence-electron chi connectivity index (χ0n) is 21.4. The summed E-state index contributed by atoms with van der Waals surface area (Å²) in [4.78, 5) is 41.7. The van der Waals surface area contributed by atoms with Gasteiger partial charge in [-0.15, -0.1) is 0 Å². The summed E-state index contributed by atoms with van der Waals surface area (Å²) in [7, 11) is 0. The maximum Gasteiger partial charge on any atom is 0.269 e. The molecule has 3 aliphatic rings. The normalized spacial score (nSPS) is 20.5. The van der Waals surface area contributed by atoms with Gasteiger partial charge in [-0.3, -0.25) is 24.6 Å². The third-order valence-corrected chi connectivity index (χ3v) is 7.58. The molecule has 2 fully saturated rings. The van der Waals surface area contributed by atoms with Gasteiger partial charge in [-0.05, 0) is 42.7 Å². The second-order valence-electron chi connectivity index (χ2n) is 10.0. The highest BCUT2D eigenvalue weighted by molar-refractivity contribution is 6.03. The molecule has 11 nitrogen and oxygen atoms in total. The van der Waals surface area contributed by atoms with E-state index >= 15 is 0 Å². The van der Waals surface area contributed by atoms with Crippen molar-refractivity contribution >= 4 is 23.2 Å². The van der Waals surface area contributed by atoms with E-state index in [4.69, 9.17) is 9.15 Å². The molecule has 0 spiro atoms. The van der Waals surface area contributed by atoms with Crippen molar-refractivity contribution < 1.29 is 23.7 Å². The van der Waals surface area contributed by atoms with Gasteiger partial charge in [-0.1, -0.05) is 12.8 Å². The van der Waals surface area contributed by atoms with Crippen LogP contribution in [0.3, 0.4) is 0 Å². The molecule has 202 valence electrons. The van der Waals surface area contributed by atoms with E-state index in [0.717, 1.165) is 38.8 Å². The predicted octanol–water partition coefficient (Wildman–Crippen LogP) is 3.22. The smallest absolute Gasteiger partial charge is 0.269 e. The molecule has 0 unspecified atom stereocenters. The fourth-order valence-electron chi connectivity index (χ4n) is 5.41. The Morgan fingerprint density at radius 3 is 2.50 bits per heavy atom. The average Bonchev–Trinajstić information content (AvgIpc) is 3.73. The molecule has 1 aliphatic carbocycles. The number of carbonyl (C=O) groups is 2. The molecule has 1 atom stereocenters. The van der Waals surface area contributed by atoms with Gasteiger partial charge in [0.1, 0.15) is 18.3 Å². The summed E-state index contributed by atoms with van der Waals surface area (Å²) in [6, 6.07) is 9.25. The van der Waals surface area contributed by atoms with Crippen LogP contribution in [0.15, 0.2) is 52.2 Å². The molecule has 1 aromatic carbocycles. The number of hydrazone groups is 1. The maximum atomic E-state index is 13.7. The SMILES string of the molecule is O=C(C1CCCC1)N(CCN1CCOCC1)CC(=O)N1N=C(c2ccc([N+](=O)[O-])cc2)C[C@@H]1c1ccco1. The number of nitro benzene ring substituents is 1. The first-order valence-electron chi connectivity index (χ1n) is 13.3. The van der Waals surface area contributed by atoms with Crippen LogP contribution in [0.4, 0.5) is 5.69 Å². The zero-order valence-corrected chi connectivity index (χ0v) is 21.4. The van der Waals surface area contributed by atoms with Crippen molar-refractivity contribution in [2.24, 2.45) is 11.0 Å². The molecule has 38 heavy (non-hydrogen) atoms. The fourth-order valence-corrected chi connectivity index (χ4v) is 5.41. The molecule has 2 amide bonds. The number of ether oxygens (including phenoxy) is 1. The summed E-state index contributed by atoms with van der Waals surface area (Å²) in [6.07, 6.45) is 5.76. The van der Waals surface area contributed by atoms with Crippen molar-refractivity contribution in [1.29, 1.82) is 0 Å². The summed E-state index contributed by atoms with van der Waals surface area (Å²) in [5.41, 5.74) is 1.33. The first-order chi connectivity index (χ1) is 18.5. The van der Waals surface area contributed by atoms with Crippen LogP contribution in [0, 0.1) is 16.0 Å². The summed E-state index contributed by atoms with van der Waals surface area (Å²) < 4.78 is 11.1. The first kappa shape index (κ1) is 26.1. The van der Waals surface area contributed by atoms with Crippen LogP contribution in [0.1, 0.15) is 49.5 Å². The third-order valence-electron chi connectivity index (χ3n) is 7.58. The Kier molecular flexibility index (Phi) is 8.14. The molecular formula is C27H33N5O6. The first-order valence-corrected chi connectivity index (χ1v) is 13.3. The van der Waals surface area contributed by atoms with Crippen LogP contribution in [-0.4, -0.2) is 83.2 Å². The standard InChI is InChI=1S/C27H33N5O6/c33-26(19-30(27(34)21-4-1-2-5-21)12-11-29-13-16-37-17-14-29)31-24(25-6-3-15-38-25)18-23(28-31)20-7-9-22(10-8-20)32(35)36/h3,6-10,15,21,24H,1-2,4-5,11-14,16-19H2/t24-/m1/s1. The Labute approximate surface area is 221 Å². The molecule has 1 aromatic heterocycles. The molecule has 11 heteroatoms. The fraction of sp³-hybridized carbons (Fsp3) is 0.519. The van der Waals surface area contributed by atoms with Crippen LogP contribution >= 0.6 is 0 Å². The molecule has 2 aromatic rings. The number of hydrogen-bond donors (Lipinski definition) is 0. The van der Waals surface area contributed by atoms with Gasteiger partial charge in [0.25, 0.3) is 11.6 Å². The second-order valence-corrected chi connectivity index (χ2v) is 10.0. The van der Waals surface area contributed by atoms with Crippen molar-refractivity contribution in [2.45, 2.75) is 38.1 Å². The minimum Gasteiger partial charge on any atom is -0.467 e. The third kappa shape index (κ3) is 5.94. The number of non-ortho nitro benzene ring substituents is 1. The lowest BCUT2D eigenvalue weighted by molar-refractivity contribution is -0.384. The quantitative estimate of drug-likeness (QED) is 0.365. The van der Waals surface area contributed by atoms with Crippen molar-refractivity contribution in [1.82, 2.24) is 14.8 Å². The van der Waals surface area contributed by atoms with Crippen LogP contribution in [0.2, 0.25) is 0 Å². The highest BCUT2D eigenvalue weighted by atomic mass is 16.6. The van der Waals surface area contributed by atoms with Gasteiger partial charge >= 0.3 is 0 Å². The van der Waals surface area contributed by atoms with Crippen LogP contribution in [0.5, 0.6) is 0 Å². The van der Waals surface area contributed by atoms with E-state index in [-0.39, 0.29) is 30.0 Å². The minimum absolute atomic E-state index is 0.0100. The van der Waals surface area contributed by atoms with Crippen LogP contribution < -0.4 is 0 Å². The summed E-state index contributed by atoms with van der Waals surface area (Å²) >= 11 is 0. The van der Waals surface area contributed by atoms with Crippen LogP contribution in [0.25, 0.3) is 0 Å². The van der Waals surface area contributed by atoms with E-state index in [1.807, 2.05) is 0 Å². The number of morpholine rings is 1.